The number of rotatable bonds is 5. The van der Waals surface area contributed by atoms with Gasteiger partial charge in [-0.3, -0.25) is 4.79 Å². The van der Waals surface area contributed by atoms with Crippen LogP contribution in [0.5, 0.6) is 5.75 Å². The number of carboxylic acids is 1. The molecule has 1 heterocycles. The highest BCUT2D eigenvalue weighted by Gasteiger charge is 2.29. The summed E-state index contributed by atoms with van der Waals surface area (Å²) in [4.78, 5) is 23.5. The summed E-state index contributed by atoms with van der Waals surface area (Å²) in [6.07, 6.45) is 1.00. The van der Waals surface area contributed by atoms with Gasteiger partial charge in [0.1, 0.15) is 18.4 Å². The standard InChI is InChI=1S/C16H21NO4/c1-10(2)7-13(16(19)20)17-15(18)12-8-11-5-3-4-6-14(11)21-9-12/h3-6,10,12-13H,7-9H2,1-2H3,(H,17,18)(H,19,20)/t12?,13-/m0/s1. The molecule has 1 aromatic rings. The van der Waals surface area contributed by atoms with Crippen molar-refractivity contribution < 1.29 is 19.4 Å². The van der Waals surface area contributed by atoms with Crippen molar-refractivity contribution in [1.29, 1.82) is 0 Å². The summed E-state index contributed by atoms with van der Waals surface area (Å²) < 4.78 is 5.57. The predicted molar refractivity (Wildman–Crippen MR) is 78.2 cm³/mol. The van der Waals surface area contributed by atoms with E-state index in [9.17, 15) is 14.7 Å². The molecule has 0 bridgehead atoms. The van der Waals surface area contributed by atoms with E-state index in [-0.39, 0.29) is 24.3 Å². The minimum atomic E-state index is -0.992. The highest BCUT2D eigenvalue weighted by Crippen LogP contribution is 2.26. The van der Waals surface area contributed by atoms with Crippen LogP contribution in [0.25, 0.3) is 0 Å². The zero-order valence-electron chi connectivity index (χ0n) is 12.3. The number of carbonyl (C=O) groups excluding carboxylic acids is 1. The molecule has 1 aliphatic rings. The van der Waals surface area contributed by atoms with E-state index in [1.165, 1.54) is 0 Å². The maximum Gasteiger partial charge on any atom is 0.326 e. The molecule has 0 saturated heterocycles. The van der Waals surface area contributed by atoms with Crippen molar-refractivity contribution in [3.63, 3.8) is 0 Å². The van der Waals surface area contributed by atoms with Crippen molar-refractivity contribution in [2.75, 3.05) is 6.61 Å². The Bertz CT molecular complexity index is 527. The number of carboxylic acid groups (broad SMARTS) is 1. The lowest BCUT2D eigenvalue weighted by Gasteiger charge is -2.26. The highest BCUT2D eigenvalue weighted by atomic mass is 16.5. The van der Waals surface area contributed by atoms with Gasteiger partial charge >= 0.3 is 5.97 Å². The second-order valence-corrected chi connectivity index (χ2v) is 5.85. The maximum atomic E-state index is 12.2. The van der Waals surface area contributed by atoms with Gasteiger partial charge in [-0.15, -0.1) is 0 Å². The lowest BCUT2D eigenvalue weighted by molar-refractivity contribution is -0.143. The van der Waals surface area contributed by atoms with Crippen LogP contribution in [0, 0.1) is 11.8 Å². The highest BCUT2D eigenvalue weighted by molar-refractivity contribution is 5.85. The SMILES string of the molecule is CC(C)C[C@H](NC(=O)C1COc2ccccc2C1)C(=O)O. The Morgan fingerprint density at radius 3 is 2.76 bits per heavy atom. The molecular formula is C16H21NO4. The first-order chi connectivity index (χ1) is 9.97. The number of para-hydroxylation sites is 1. The Hall–Kier alpha value is -2.04. The Morgan fingerprint density at radius 1 is 1.38 bits per heavy atom. The van der Waals surface area contributed by atoms with Crippen LogP contribution in [0.4, 0.5) is 0 Å². The number of aliphatic carboxylic acids is 1. The van der Waals surface area contributed by atoms with E-state index in [1.807, 2.05) is 38.1 Å². The number of amides is 1. The lowest BCUT2D eigenvalue weighted by atomic mass is 9.95. The van der Waals surface area contributed by atoms with Crippen molar-refractivity contribution in [2.24, 2.45) is 11.8 Å². The van der Waals surface area contributed by atoms with E-state index in [0.717, 1.165) is 11.3 Å². The van der Waals surface area contributed by atoms with Crippen molar-refractivity contribution >= 4 is 11.9 Å². The summed E-state index contributed by atoms with van der Waals surface area (Å²) in [5, 5.41) is 11.8. The molecule has 21 heavy (non-hydrogen) atoms. The van der Waals surface area contributed by atoms with Crippen molar-refractivity contribution in [2.45, 2.75) is 32.7 Å². The Kier molecular flexibility index (Phi) is 4.83. The molecule has 1 aromatic carbocycles. The number of benzene rings is 1. The van der Waals surface area contributed by atoms with E-state index in [0.29, 0.717) is 12.8 Å². The van der Waals surface area contributed by atoms with Gasteiger partial charge in [0, 0.05) is 0 Å². The molecule has 114 valence electrons. The summed E-state index contributed by atoms with van der Waals surface area (Å²) in [7, 11) is 0. The molecule has 0 aromatic heterocycles. The summed E-state index contributed by atoms with van der Waals surface area (Å²) >= 11 is 0. The maximum absolute atomic E-state index is 12.2. The summed E-state index contributed by atoms with van der Waals surface area (Å²) in [5.41, 5.74) is 0.986. The first kappa shape index (κ1) is 15.4. The average molecular weight is 291 g/mol. The van der Waals surface area contributed by atoms with Gasteiger partial charge in [0.25, 0.3) is 0 Å². The van der Waals surface area contributed by atoms with Crippen LogP contribution < -0.4 is 10.1 Å². The second kappa shape index (κ2) is 6.61. The van der Waals surface area contributed by atoms with Crippen molar-refractivity contribution in [3.8, 4) is 5.75 Å². The van der Waals surface area contributed by atoms with Crippen LogP contribution in [-0.2, 0) is 16.0 Å². The number of carbonyl (C=O) groups is 2. The molecule has 1 aliphatic heterocycles. The Labute approximate surface area is 124 Å². The van der Waals surface area contributed by atoms with Crippen molar-refractivity contribution in [3.05, 3.63) is 29.8 Å². The van der Waals surface area contributed by atoms with Crippen LogP contribution >= 0.6 is 0 Å². The molecule has 0 aliphatic carbocycles. The fourth-order valence-corrected chi connectivity index (χ4v) is 2.48. The number of nitrogens with one attached hydrogen (secondary N) is 1. The van der Waals surface area contributed by atoms with Crippen LogP contribution in [0.2, 0.25) is 0 Å². The van der Waals surface area contributed by atoms with Crippen LogP contribution in [0.1, 0.15) is 25.8 Å². The lowest BCUT2D eigenvalue weighted by Crippen LogP contribution is -2.46. The van der Waals surface area contributed by atoms with E-state index in [2.05, 4.69) is 5.32 Å². The Balaban J connectivity index is 1.99. The largest absolute Gasteiger partial charge is 0.492 e. The quantitative estimate of drug-likeness (QED) is 0.868. The normalized spacial score (nSPS) is 18.5. The van der Waals surface area contributed by atoms with Crippen LogP contribution in [0.3, 0.4) is 0 Å². The summed E-state index contributed by atoms with van der Waals surface area (Å²) in [6.45, 7) is 4.15. The number of fused-ring (bicyclic) bond motifs is 1. The first-order valence-electron chi connectivity index (χ1n) is 7.21. The third kappa shape index (κ3) is 3.97. The number of hydrogen-bond donors (Lipinski definition) is 2. The van der Waals surface area contributed by atoms with Gasteiger partial charge in [-0.1, -0.05) is 32.0 Å². The molecule has 5 nitrogen and oxygen atoms in total. The van der Waals surface area contributed by atoms with Crippen molar-refractivity contribution in [1.82, 2.24) is 5.32 Å². The molecule has 2 N–H and O–H groups in total. The van der Waals surface area contributed by atoms with E-state index in [1.54, 1.807) is 0 Å². The number of hydrogen-bond acceptors (Lipinski definition) is 3. The monoisotopic (exact) mass is 291 g/mol. The van der Waals surface area contributed by atoms with Crippen LogP contribution in [0.15, 0.2) is 24.3 Å². The molecule has 0 fully saturated rings. The second-order valence-electron chi connectivity index (χ2n) is 5.85. The molecule has 2 rings (SSSR count). The zero-order valence-corrected chi connectivity index (χ0v) is 12.3. The van der Waals surface area contributed by atoms with Gasteiger partial charge in [0.15, 0.2) is 0 Å². The third-order valence-electron chi connectivity index (χ3n) is 3.57. The van der Waals surface area contributed by atoms with Gasteiger partial charge in [-0.25, -0.2) is 4.79 Å². The van der Waals surface area contributed by atoms with Gasteiger partial charge in [-0.05, 0) is 30.4 Å². The summed E-state index contributed by atoms with van der Waals surface area (Å²) in [5.74, 6) is -0.575. The van der Waals surface area contributed by atoms with Gasteiger partial charge in [0.05, 0.1) is 5.92 Å². The van der Waals surface area contributed by atoms with Gasteiger partial charge in [0.2, 0.25) is 5.91 Å². The molecule has 0 spiro atoms. The predicted octanol–water partition coefficient (Wildman–Crippen LogP) is 1.85. The van der Waals surface area contributed by atoms with Gasteiger partial charge < -0.3 is 15.2 Å². The van der Waals surface area contributed by atoms with E-state index < -0.39 is 12.0 Å². The zero-order chi connectivity index (χ0) is 15.4. The fourth-order valence-electron chi connectivity index (χ4n) is 2.48. The molecule has 5 heteroatoms. The van der Waals surface area contributed by atoms with E-state index in [4.69, 9.17) is 4.74 Å². The van der Waals surface area contributed by atoms with Crippen LogP contribution in [-0.4, -0.2) is 29.6 Å². The molecule has 0 saturated carbocycles. The molecule has 2 atom stereocenters. The fraction of sp³-hybridized carbons (Fsp3) is 0.500. The molecule has 1 unspecified atom stereocenters. The summed E-state index contributed by atoms with van der Waals surface area (Å²) in [6, 6.07) is 6.76. The minimum Gasteiger partial charge on any atom is -0.492 e. The Morgan fingerprint density at radius 2 is 2.10 bits per heavy atom. The first-order valence-corrected chi connectivity index (χ1v) is 7.21. The molecule has 1 amide bonds. The number of ether oxygens (including phenoxy) is 1. The third-order valence-corrected chi connectivity index (χ3v) is 3.57. The van der Waals surface area contributed by atoms with Gasteiger partial charge in [-0.2, -0.15) is 0 Å². The van der Waals surface area contributed by atoms with E-state index >= 15 is 0 Å². The molecule has 0 radical (unpaired) electrons. The minimum absolute atomic E-state index is 0.203. The topological polar surface area (TPSA) is 75.6 Å². The average Bonchev–Trinajstić information content (AvgIpc) is 2.45. The smallest absolute Gasteiger partial charge is 0.326 e. The molecular weight excluding hydrogens is 270 g/mol.